The number of rotatable bonds is 5. The minimum Gasteiger partial charge on any atom is -0.352 e. The molecule has 1 amide bonds. The van der Waals surface area contributed by atoms with E-state index < -0.39 is 34.2 Å². The number of alkyl halides is 3. The van der Waals surface area contributed by atoms with Gasteiger partial charge in [-0.15, -0.1) is 0 Å². The van der Waals surface area contributed by atoms with Crippen LogP contribution in [0.1, 0.15) is 19.4 Å². The van der Waals surface area contributed by atoms with Crippen LogP contribution in [0.4, 0.5) is 18.9 Å². The lowest BCUT2D eigenvalue weighted by atomic mass is 10.2. The van der Waals surface area contributed by atoms with Crippen molar-refractivity contribution in [2.45, 2.75) is 26.1 Å². The minimum absolute atomic E-state index is 0.00518. The number of benzene rings is 1. The number of hydrogen-bond acceptors (Lipinski definition) is 3. The van der Waals surface area contributed by atoms with Crippen molar-refractivity contribution < 1.29 is 26.4 Å². The summed E-state index contributed by atoms with van der Waals surface area (Å²) in [7, 11) is -3.81. The van der Waals surface area contributed by atoms with Gasteiger partial charge in [-0.25, -0.2) is 8.42 Å². The molecule has 0 aliphatic carbocycles. The van der Waals surface area contributed by atoms with E-state index in [2.05, 4.69) is 5.32 Å². The maximum atomic E-state index is 12.5. The molecule has 1 aromatic carbocycles. The number of halogens is 3. The molecule has 1 rings (SSSR count). The molecule has 0 radical (unpaired) electrons. The van der Waals surface area contributed by atoms with Crippen LogP contribution in [0.5, 0.6) is 0 Å². The summed E-state index contributed by atoms with van der Waals surface area (Å²) >= 11 is 0. The summed E-state index contributed by atoms with van der Waals surface area (Å²) in [6.45, 7) is 2.92. The summed E-state index contributed by atoms with van der Waals surface area (Å²) in [6.07, 6.45) is -3.63. The standard InChI is InChI=1S/C13H17F3N2O3S/c1-9(2)17-12(19)8-18(22(3,20)21)11-6-4-10(5-7-11)13(14,15)16/h4-7,9H,8H2,1-3H3,(H,17,19). The third-order valence-corrected chi connectivity index (χ3v) is 3.76. The molecular weight excluding hydrogens is 321 g/mol. The van der Waals surface area contributed by atoms with Gasteiger partial charge in [0.1, 0.15) is 6.54 Å². The lowest BCUT2D eigenvalue weighted by Gasteiger charge is -2.23. The number of amides is 1. The second-order valence-corrected chi connectivity index (χ2v) is 6.94. The molecule has 22 heavy (non-hydrogen) atoms. The maximum absolute atomic E-state index is 12.5. The van der Waals surface area contributed by atoms with Crippen molar-refractivity contribution in [3.05, 3.63) is 29.8 Å². The molecule has 0 unspecified atom stereocenters. The fourth-order valence-corrected chi connectivity index (χ4v) is 2.57. The van der Waals surface area contributed by atoms with Crippen LogP contribution in [0.3, 0.4) is 0 Å². The highest BCUT2D eigenvalue weighted by molar-refractivity contribution is 7.92. The predicted octanol–water partition coefficient (Wildman–Crippen LogP) is 2.00. The minimum atomic E-state index is -4.51. The highest BCUT2D eigenvalue weighted by Gasteiger charge is 2.30. The molecule has 0 heterocycles. The fraction of sp³-hybridized carbons (Fsp3) is 0.462. The van der Waals surface area contributed by atoms with Crippen LogP contribution in [0.15, 0.2) is 24.3 Å². The van der Waals surface area contributed by atoms with Crippen LogP contribution < -0.4 is 9.62 Å². The molecule has 0 fully saturated rings. The number of sulfonamides is 1. The molecule has 0 aliphatic rings. The zero-order valence-corrected chi connectivity index (χ0v) is 13.1. The van der Waals surface area contributed by atoms with Gasteiger partial charge in [-0.3, -0.25) is 9.10 Å². The molecule has 0 saturated carbocycles. The van der Waals surface area contributed by atoms with Crippen LogP contribution in [-0.4, -0.2) is 33.2 Å². The average molecular weight is 338 g/mol. The van der Waals surface area contributed by atoms with Crippen molar-refractivity contribution in [3.8, 4) is 0 Å². The highest BCUT2D eigenvalue weighted by Crippen LogP contribution is 2.30. The van der Waals surface area contributed by atoms with Gasteiger partial charge < -0.3 is 5.32 Å². The third-order valence-electron chi connectivity index (χ3n) is 2.62. The van der Waals surface area contributed by atoms with Gasteiger partial charge in [0.15, 0.2) is 0 Å². The summed E-state index contributed by atoms with van der Waals surface area (Å²) in [5.41, 5.74) is -0.897. The average Bonchev–Trinajstić information content (AvgIpc) is 2.33. The summed E-state index contributed by atoms with van der Waals surface area (Å²) in [5.74, 6) is -0.541. The van der Waals surface area contributed by atoms with Crippen molar-refractivity contribution >= 4 is 21.6 Å². The Labute approximate surface area is 127 Å². The molecule has 0 saturated heterocycles. The first-order valence-corrected chi connectivity index (χ1v) is 8.20. The van der Waals surface area contributed by atoms with Crippen LogP contribution in [-0.2, 0) is 21.0 Å². The Balaban J connectivity index is 3.06. The molecule has 0 aliphatic heterocycles. The Morgan fingerprint density at radius 1 is 1.23 bits per heavy atom. The van der Waals surface area contributed by atoms with Crippen LogP contribution in [0.25, 0.3) is 0 Å². The molecule has 1 aromatic rings. The quantitative estimate of drug-likeness (QED) is 0.893. The maximum Gasteiger partial charge on any atom is 0.416 e. The van der Waals surface area contributed by atoms with Crippen LogP contribution in [0, 0.1) is 0 Å². The van der Waals surface area contributed by atoms with Gasteiger partial charge in [0, 0.05) is 6.04 Å². The summed E-state index contributed by atoms with van der Waals surface area (Å²) in [6, 6.07) is 3.40. The smallest absolute Gasteiger partial charge is 0.352 e. The predicted molar refractivity (Wildman–Crippen MR) is 76.9 cm³/mol. The van der Waals surface area contributed by atoms with E-state index in [4.69, 9.17) is 0 Å². The lowest BCUT2D eigenvalue weighted by Crippen LogP contribution is -2.42. The van der Waals surface area contributed by atoms with Gasteiger partial charge in [0.25, 0.3) is 0 Å². The number of carbonyl (C=O) groups is 1. The van der Waals surface area contributed by atoms with Gasteiger partial charge in [-0.05, 0) is 38.1 Å². The van der Waals surface area contributed by atoms with E-state index in [1.54, 1.807) is 13.8 Å². The Hall–Kier alpha value is -1.77. The monoisotopic (exact) mass is 338 g/mol. The number of hydrogen-bond donors (Lipinski definition) is 1. The van der Waals surface area contributed by atoms with E-state index in [1.807, 2.05) is 0 Å². The second-order valence-electron chi connectivity index (χ2n) is 5.04. The van der Waals surface area contributed by atoms with Crippen molar-refractivity contribution in [1.29, 1.82) is 0 Å². The number of nitrogens with zero attached hydrogens (tertiary/aromatic N) is 1. The zero-order chi connectivity index (χ0) is 17.1. The third kappa shape index (κ3) is 5.21. The molecule has 0 bridgehead atoms. The zero-order valence-electron chi connectivity index (χ0n) is 12.3. The second kappa shape index (κ2) is 6.55. The lowest BCUT2D eigenvalue weighted by molar-refractivity contribution is -0.137. The molecule has 1 N–H and O–H groups in total. The molecule has 0 atom stereocenters. The van der Waals surface area contributed by atoms with E-state index in [-0.39, 0.29) is 11.7 Å². The highest BCUT2D eigenvalue weighted by atomic mass is 32.2. The first-order valence-electron chi connectivity index (χ1n) is 6.35. The number of carbonyl (C=O) groups excluding carboxylic acids is 1. The SMILES string of the molecule is CC(C)NC(=O)CN(c1ccc(C(F)(F)F)cc1)S(C)(=O)=O. The molecule has 9 heteroatoms. The molecule has 124 valence electrons. The normalized spacial score (nSPS) is 12.3. The van der Waals surface area contributed by atoms with Crippen molar-refractivity contribution in [2.24, 2.45) is 0 Å². The molecule has 5 nitrogen and oxygen atoms in total. The Morgan fingerprint density at radius 3 is 2.09 bits per heavy atom. The van der Waals surface area contributed by atoms with Crippen LogP contribution in [0.2, 0.25) is 0 Å². The van der Waals surface area contributed by atoms with E-state index in [0.717, 1.165) is 34.8 Å². The summed E-state index contributed by atoms with van der Waals surface area (Å²) < 4.78 is 61.8. The Bertz CT molecular complexity index is 625. The van der Waals surface area contributed by atoms with Gasteiger partial charge in [-0.1, -0.05) is 0 Å². The molecule has 0 aromatic heterocycles. The Morgan fingerprint density at radius 2 is 1.73 bits per heavy atom. The first kappa shape index (κ1) is 18.3. The topological polar surface area (TPSA) is 66.5 Å². The Kier molecular flexibility index (Phi) is 5.44. The van der Waals surface area contributed by atoms with Gasteiger partial charge >= 0.3 is 6.18 Å². The van der Waals surface area contributed by atoms with E-state index in [9.17, 15) is 26.4 Å². The van der Waals surface area contributed by atoms with Crippen molar-refractivity contribution in [3.63, 3.8) is 0 Å². The van der Waals surface area contributed by atoms with E-state index in [0.29, 0.717) is 0 Å². The number of anilines is 1. The van der Waals surface area contributed by atoms with Crippen LogP contribution >= 0.6 is 0 Å². The molecule has 0 spiro atoms. The van der Waals surface area contributed by atoms with E-state index in [1.165, 1.54) is 0 Å². The van der Waals surface area contributed by atoms with Gasteiger partial charge in [-0.2, -0.15) is 13.2 Å². The van der Waals surface area contributed by atoms with Crippen molar-refractivity contribution in [2.75, 3.05) is 17.1 Å². The summed E-state index contributed by atoms with van der Waals surface area (Å²) in [5, 5.41) is 2.53. The van der Waals surface area contributed by atoms with Crippen molar-refractivity contribution in [1.82, 2.24) is 5.32 Å². The van der Waals surface area contributed by atoms with Gasteiger partial charge in [0.2, 0.25) is 15.9 Å². The first-order chi connectivity index (χ1) is 9.91. The fourth-order valence-electron chi connectivity index (χ4n) is 1.71. The van der Waals surface area contributed by atoms with Gasteiger partial charge in [0.05, 0.1) is 17.5 Å². The molecular formula is C13H17F3N2O3S. The van der Waals surface area contributed by atoms with E-state index >= 15 is 0 Å². The summed E-state index contributed by atoms with van der Waals surface area (Å²) in [4.78, 5) is 11.7. The number of nitrogens with one attached hydrogen (secondary N) is 1. The largest absolute Gasteiger partial charge is 0.416 e.